The molecular formula is C15H17N3O6S. The minimum Gasteiger partial charge on any atom is -0.379 e. The van der Waals surface area contributed by atoms with Crippen molar-refractivity contribution >= 4 is 21.7 Å². The number of hydrogen-bond donors (Lipinski definition) is 1. The molecule has 0 spiro atoms. The van der Waals surface area contributed by atoms with E-state index < -0.39 is 26.3 Å². The second-order valence-electron chi connectivity index (χ2n) is 5.36. The molecule has 0 aliphatic heterocycles. The number of carbonyl (C=O) groups excluding carboxylic acids is 1. The van der Waals surface area contributed by atoms with Crippen molar-refractivity contribution in [3.63, 3.8) is 0 Å². The Balaban J connectivity index is 2.46. The highest BCUT2D eigenvalue weighted by Crippen LogP contribution is 2.20. The molecule has 9 nitrogen and oxygen atoms in total. The van der Waals surface area contributed by atoms with E-state index in [-0.39, 0.29) is 17.4 Å². The maximum absolute atomic E-state index is 12.5. The van der Waals surface area contributed by atoms with E-state index >= 15 is 0 Å². The monoisotopic (exact) mass is 367 g/mol. The van der Waals surface area contributed by atoms with Gasteiger partial charge in [-0.15, -0.1) is 0 Å². The Morgan fingerprint density at radius 2 is 1.64 bits per heavy atom. The van der Waals surface area contributed by atoms with Crippen LogP contribution in [0.4, 0.5) is 5.69 Å². The van der Waals surface area contributed by atoms with Crippen LogP contribution in [0.1, 0.15) is 12.6 Å². The van der Waals surface area contributed by atoms with Gasteiger partial charge in [0.2, 0.25) is 5.91 Å². The van der Waals surface area contributed by atoms with Gasteiger partial charge in [-0.05, 0) is 31.2 Å². The zero-order chi connectivity index (χ0) is 18.9. The first-order chi connectivity index (χ1) is 11.5. The Labute approximate surface area is 143 Å². The topological polar surface area (TPSA) is 116 Å². The first-order valence-corrected chi connectivity index (χ1v) is 8.54. The second-order valence-corrected chi connectivity index (χ2v) is 6.85. The van der Waals surface area contributed by atoms with Gasteiger partial charge in [-0.25, -0.2) is 4.79 Å². The standard InChI is InChI=1S/C15H17N3O6S/c1-9-13(14(20)18(4)15(21)17(9)3)25(22,23)24-12-7-5-11(6-8-12)16-10(2)19/h5-8H,1-4H3,(H,16,19). The zero-order valence-electron chi connectivity index (χ0n) is 14.1. The molecule has 0 aliphatic rings. The molecule has 0 fully saturated rings. The highest BCUT2D eigenvalue weighted by Gasteiger charge is 2.27. The molecule has 0 saturated carbocycles. The molecule has 1 amide bonds. The van der Waals surface area contributed by atoms with Crippen LogP contribution in [0.3, 0.4) is 0 Å². The highest BCUT2D eigenvalue weighted by molar-refractivity contribution is 7.87. The Kier molecular flexibility index (Phi) is 4.84. The van der Waals surface area contributed by atoms with Gasteiger partial charge < -0.3 is 9.50 Å². The summed E-state index contributed by atoms with van der Waals surface area (Å²) in [6.45, 7) is 2.69. The summed E-state index contributed by atoms with van der Waals surface area (Å²) >= 11 is 0. The Bertz CT molecular complexity index is 1050. The molecule has 1 aromatic carbocycles. The van der Waals surface area contributed by atoms with Crippen LogP contribution >= 0.6 is 0 Å². The van der Waals surface area contributed by atoms with E-state index in [0.717, 1.165) is 4.57 Å². The normalized spacial score (nSPS) is 11.2. The van der Waals surface area contributed by atoms with Crippen molar-refractivity contribution in [3.05, 3.63) is 50.8 Å². The largest absolute Gasteiger partial charge is 0.379 e. The van der Waals surface area contributed by atoms with Gasteiger partial charge in [0.15, 0.2) is 4.90 Å². The number of anilines is 1. The van der Waals surface area contributed by atoms with Crippen molar-refractivity contribution in [2.24, 2.45) is 14.1 Å². The molecule has 134 valence electrons. The van der Waals surface area contributed by atoms with Crippen molar-refractivity contribution in [2.45, 2.75) is 18.7 Å². The van der Waals surface area contributed by atoms with Gasteiger partial charge in [0, 0.05) is 32.4 Å². The van der Waals surface area contributed by atoms with E-state index in [1.807, 2.05) is 0 Å². The van der Waals surface area contributed by atoms with Crippen LogP contribution in [-0.4, -0.2) is 23.5 Å². The molecule has 0 bridgehead atoms. The Morgan fingerprint density at radius 1 is 1.08 bits per heavy atom. The van der Waals surface area contributed by atoms with Crippen molar-refractivity contribution in [3.8, 4) is 5.75 Å². The van der Waals surface area contributed by atoms with Crippen LogP contribution in [-0.2, 0) is 29.0 Å². The molecule has 0 unspecified atom stereocenters. The molecule has 1 N–H and O–H groups in total. The third kappa shape index (κ3) is 3.63. The minimum absolute atomic E-state index is 0.0250. The quantitative estimate of drug-likeness (QED) is 0.767. The number of benzene rings is 1. The minimum atomic E-state index is -4.45. The Morgan fingerprint density at radius 3 is 2.16 bits per heavy atom. The molecule has 0 radical (unpaired) electrons. The lowest BCUT2D eigenvalue weighted by molar-refractivity contribution is -0.114. The summed E-state index contributed by atoms with van der Waals surface area (Å²) in [7, 11) is -1.91. The molecule has 1 aromatic heterocycles. The fourth-order valence-electron chi connectivity index (χ4n) is 2.17. The third-order valence-corrected chi connectivity index (χ3v) is 4.92. The fourth-order valence-corrected chi connectivity index (χ4v) is 3.47. The van der Waals surface area contributed by atoms with Crippen molar-refractivity contribution in [1.29, 1.82) is 0 Å². The molecule has 0 saturated heterocycles. The van der Waals surface area contributed by atoms with Crippen molar-refractivity contribution in [2.75, 3.05) is 5.32 Å². The molecule has 2 rings (SSSR count). The maximum atomic E-state index is 12.5. The summed E-state index contributed by atoms with van der Waals surface area (Å²) in [5.41, 5.74) is -1.16. The lowest BCUT2D eigenvalue weighted by Gasteiger charge is -2.13. The summed E-state index contributed by atoms with van der Waals surface area (Å²) in [6, 6.07) is 5.59. The van der Waals surface area contributed by atoms with E-state index in [0.29, 0.717) is 10.3 Å². The first kappa shape index (κ1) is 18.5. The lowest BCUT2D eigenvalue weighted by Crippen LogP contribution is -2.41. The van der Waals surface area contributed by atoms with Crippen LogP contribution in [0.5, 0.6) is 5.75 Å². The van der Waals surface area contributed by atoms with E-state index in [1.54, 1.807) is 0 Å². The number of aromatic nitrogens is 2. The summed E-state index contributed by atoms with van der Waals surface area (Å²) < 4.78 is 31.7. The number of rotatable bonds is 4. The lowest BCUT2D eigenvalue weighted by atomic mass is 10.3. The summed E-state index contributed by atoms with van der Waals surface area (Å²) in [6.07, 6.45) is 0. The number of nitrogens with one attached hydrogen (secondary N) is 1. The molecule has 2 aromatic rings. The number of nitrogens with zero attached hydrogens (tertiary/aromatic N) is 2. The van der Waals surface area contributed by atoms with Crippen LogP contribution in [0, 0.1) is 6.92 Å². The van der Waals surface area contributed by atoms with Gasteiger partial charge in [-0.1, -0.05) is 0 Å². The Hall–Kier alpha value is -2.88. The van der Waals surface area contributed by atoms with Gasteiger partial charge >= 0.3 is 15.8 Å². The van der Waals surface area contributed by atoms with Gasteiger partial charge in [-0.3, -0.25) is 18.7 Å². The molecule has 10 heteroatoms. The van der Waals surface area contributed by atoms with E-state index in [4.69, 9.17) is 4.18 Å². The van der Waals surface area contributed by atoms with Crippen LogP contribution in [0.2, 0.25) is 0 Å². The highest BCUT2D eigenvalue weighted by atomic mass is 32.2. The van der Waals surface area contributed by atoms with E-state index in [9.17, 15) is 22.8 Å². The molecule has 1 heterocycles. The molecule has 0 atom stereocenters. The fraction of sp³-hybridized carbons (Fsp3) is 0.267. The number of amides is 1. The average Bonchev–Trinajstić information content (AvgIpc) is 2.52. The van der Waals surface area contributed by atoms with Crippen molar-refractivity contribution < 1.29 is 17.4 Å². The average molecular weight is 367 g/mol. The summed E-state index contributed by atoms with van der Waals surface area (Å²) in [4.78, 5) is 34.4. The van der Waals surface area contributed by atoms with Gasteiger partial charge in [-0.2, -0.15) is 8.42 Å². The van der Waals surface area contributed by atoms with Crippen molar-refractivity contribution in [1.82, 2.24) is 9.13 Å². The number of carbonyl (C=O) groups is 1. The maximum Gasteiger partial charge on any atom is 0.346 e. The summed E-state index contributed by atoms with van der Waals surface area (Å²) in [5, 5.41) is 2.53. The second kappa shape index (κ2) is 6.55. The van der Waals surface area contributed by atoms with Crippen LogP contribution in [0.25, 0.3) is 0 Å². The first-order valence-electron chi connectivity index (χ1n) is 7.13. The smallest absolute Gasteiger partial charge is 0.346 e. The van der Waals surface area contributed by atoms with E-state index in [2.05, 4.69) is 5.32 Å². The predicted octanol–water partition coefficient (Wildman–Crippen LogP) is 0.119. The molecular weight excluding hydrogens is 350 g/mol. The summed E-state index contributed by atoms with van der Waals surface area (Å²) in [5.74, 6) is -0.310. The van der Waals surface area contributed by atoms with Crippen LogP contribution in [0.15, 0.2) is 38.8 Å². The zero-order valence-corrected chi connectivity index (χ0v) is 14.9. The van der Waals surface area contributed by atoms with Gasteiger partial charge in [0.1, 0.15) is 5.75 Å². The van der Waals surface area contributed by atoms with Gasteiger partial charge in [0.25, 0.3) is 5.56 Å². The predicted molar refractivity (Wildman–Crippen MR) is 90.2 cm³/mol. The number of hydrogen-bond acceptors (Lipinski definition) is 6. The van der Waals surface area contributed by atoms with Crippen LogP contribution < -0.4 is 20.7 Å². The molecule has 0 aliphatic carbocycles. The SMILES string of the molecule is CC(=O)Nc1ccc(OS(=O)(=O)c2c(C)n(C)c(=O)n(C)c2=O)cc1. The molecule has 25 heavy (non-hydrogen) atoms. The van der Waals surface area contributed by atoms with Gasteiger partial charge in [0.05, 0.1) is 0 Å². The van der Waals surface area contributed by atoms with E-state index in [1.165, 1.54) is 52.2 Å². The third-order valence-electron chi connectivity index (χ3n) is 3.54.